The lowest BCUT2D eigenvalue weighted by atomic mass is 9.91. The first-order chi connectivity index (χ1) is 16.8. The van der Waals surface area contributed by atoms with Crippen LogP contribution >= 0.6 is 0 Å². The van der Waals surface area contributed by atoms with Crippen LogP contribution in [0.2, 0.25) is 0 Å². The van der Waals surface area contributed by atoms with Crippen LogP contribution < -0.4 is 10.0 Å². The number of aromatic nitrogens is 3. The van der Waals surface area contributed by atoms with Crippen molar-refractivity contribution >= 4 is 27.0 Å². The summed E-state index contributed by atoms with van der Waals surface area (Å²) in [4.78, 5) is 17.3. The van der Waals surface area contributed by atoms with Crippen LogP contribution in [0.15, 0.2) is 22.7 Å². The standard InChI is InChI=1S/C25H33N5O4S/c1-4-35(32,33)29-18-9-11-19(12-10-18)30-22-13-8-17(24-15(2)28-34-16(24)3)14-21(22)27-25(30)20-6-5-7-23(31)26-20/h8,13-14,18-20,29H,4-7,9-12H2,1-3H3,(H,26,31)/t18?,19?,20-/m0/s1. The van der Waals surface area contributed by atoms with E-state index in [1.807, 2.05) is 13.8 Å². The molecule has 35 heavy (non-hydrogen) atoms. The topological polar surface area (TPSA) is 119 Å². The van der Waals surface area contributed by atoms with E-state index in [2.05, 4.69) is 38.0 Å². The smallest absolute Gasteiger partial charge is 0.220 e. The number of amides is 1. The van der Waals surface area contributed by atoms with Gasteiger partial charge in [0.15, 0.2) is 0 Å². The van der Waals surface area contributed by atoms with E-state index in [0.29, 0.717) is 6.42 Å². The fourth-order valence-corrected chi connectivity index (χ4v) is 6.50. The van der Waals surface area contributed by atoms with E-state index in [1.165, 1.54) is 0 Å². The molecule has 1 aliphatic carbocycles. The molecule has 0 radical (unpaired) electrons. The quantitative estimate of drug-likeness (QED) is 0.528. The molecule has 10 heteroatoms. The molecule has 1 saturated carbocycles. The number of aryl methyl sites for hydroxylation is 2. The summed E-state index contributed by atoms with van der Waals surface area (Å²) in [6.07, 6.45) is 5.50. The number of carbonyl (C=O) groups excluding carboxylic acids is 1. The van der Waals surface area contributed by atoms with Crippen LogP contribution in [0.3, 0.4) is 0 Å². The molecule has 0 unspecified atom stereocenters. The third-order valence-electron chi connectivity index (χ3n) is 7.37. The third kappa shape index (κ3) is 4.73. The highest BCUT2D eigenvalue weighted by Crippen LogP contribution is 2.38. The molecule has 1 aliphatic heterocycles. The molecule has 3 aromatic rings. The molecule has 0 spiro atoms. The van der Waals surface area contributed by atoms with Gasteiger partial charge >= 0.3 is 0 Å². The maximum absolute atomic E-state index is 12.2. The first kappa shape index (κ1) is 24.0. The van der Waals surface area contributed by atoms with E-state index in [-0.39, 0.29) is 29.8 Å². The number of hydrogen-bond donors (Lipinski definition) is 2. The molecule has 188 valence electrons. The summed E-state index contributed by atoms with van der Waals surface area (Å²) in [6, 6.07) is 6.30. The van der Waals surface area contributed by atoms with Crippen LogP contribution in [0, 0.1) is 13.8 Å². The highest BCUT2D eigenvalue weighted by atomic mass is 32.2. The van der Waals surface area contributed by atoms with E-state index in [1.54, 1.807) is 6.92 Å². The van der Waals surface area contributed by atoms with Crippen LogP contribution in [0.5, 0.6) is 0 Å². The summed E-state index contributed by atoms with van der Waals surface area (Å²) in [5, 5.41) is 7.23. The second-order valence-electron chi connectivity index (χ2n) is 9.78. The molecule has 1 atom stereocenters. The Kier molecular flexibility index (Phi) is 6.43. The predicted molar refractivity (Wildman–Crippen MR) is 133 cm³/mol. The van der Waals surface area contributed by atoms with Gasteiger partial charge in [-0.15, -0.1) is 0 Å². The average Bonchev–Trinajstić information content (AvgIpc) is 3.38. The zero-order valence-corrected chi connectivity index (χ0v) is 21.3. The number of fused-ring (bicyclic) bond motifs is 1. The van der Waals surface area contributed by atoms with E-state index in [4.69, 9.17) is 9.51 Å². The molecule has 3 heterocycles. The lowest BCUT2D eigenvalue weighted by Crippen LogP contribution is -2.39. The van der Waals surface area contributed by atoms with Gasteiger partial charge in [-0.1, -0.05) is 11.2 Å². The van der Waals surface area contributed by atoms with Gasteiger partial charge in [0.25, 0.3) is 0 Å². The summed E-state index contributed by atoms with van der Waals surface area (Å²) in [6.45, 7) is 5.50. The maximum atomic E-state index is 12.2. The molecule has 2 N–H and O–H groups in total. The fraction of sp³-hybridized carbons (Fsp3) is 0.560. The Morgan fingerprint density at radius 3 is 2.60 bits per heavy atom. The van der Waals surface area contributed by atoms with E-state index in [0.717, 1.165) is 78.0 Å². The molecule has 9 nitrogen and oxygen atoms in total. The molecule has 1 aromatic carbocycles. The number of hydrogen-bond acceptors (Lipinski definition) is 6. The second kappa shape index (κ2) is 9.39. The molecule has 2 aliphatic rings. The minimum absolute atomic E-state index is 0.0324. The van der Waals surface area contributed by atoms with Crippen molar-refractivity contribution in [2.45, 2.75) is 83.8 Å². The number of sulfonamides is 1. The zero-order valence-electron chi connectivity index (χ0n) is 20.5. The van der Waals surface area contributed by atoms with E-state index in [9.17, 15) is 13.2 Å². The Morgan fingerprint density at radius 2 is 1.94 bits per heavy atom. The van der Waals surface area contributed by atoms with Gasteiger partial charge in [0.2, 0.25) is 15.9 Å². The SMILES string of the molecule is CCS(=O)(=O)NC1CCC(n2c([C@@H]3CCCC(=O)N3)nc3cc(-c4c(C)noc4C)ccc32)CC1. The number of nitrogens with zero attached hydrogens (tertiary/aromatic N) is 3. The van der Waals surface area contributed by atoms with Gasteiger partial charge in [0.1, 0.15) is 11.6 Å². The van der Waals surface area contributed by atoms with Crippen molar-refractivity contribution in [2.75, 3.05) is 5.75 Å². The average molecular weight is 500 g/mol. The normalized spacial score (nSPS) is 23.5. The Hall–Kier alpha value is -2.72. The number of imidazole rings is 1. The molecular formula is C25H33N5O4S. The lowest BCUT2D eigenvalue weighted by Gasteiger charge is -2.33. The Labute approximate surface area is 205 Å². The summed E-state index contributed by atoms with van der Waals surface area (Å²) >= 11 is 0. The van der Waals surface area contributed by atoms with E-state index >= 15 is 0 Å². The Morgan fingerprint density at radius 1 is 1.17 bits per heavy atom. The van der Waals surface area contributed by atoms with Crippen LogP contribution in [-0.2, 0) is 14.8 Å². The Balaban J connectivity index is 1.51. The van der Waals surface area contributed by atoms with Crippen LogP contribution in [-0.4, -0.2) is 40.8 Å². The number of nitrogens with one attached hydrogen (secondary N) is 2. The summed E-state index contributed by atoms with van der Waals surface area (Å²) in [5.41, 5.74) is 4.75. The van der Waals surface area contributed by atoms with Crippen molar-refractivity contribution in [3.63, 3.8) is 0 Å². The molecule has 1 amide bonds. The minimum atomic E-state index is -3.22. The fourth-order valence-electron chi connectivity index (χ4n) is 5.59. The minimum Gasteiger partial charge on any atom is -0.361 e. The van der Waals surface area contributed by atoms with Crippen molar-refractivity contribution in [2.24, 2.45) is 0 Å². The van der Waals surface area contributed by atoms with Crippen molar-refractivity contribution in [3.05, 3.63) is 35.5 Å². The van der Waals surface area contributed by atoms with Crippen molar-refractivity contribution in [1.82, 2.24) is 24.7 Å². The van der Waals surface area contributed by atoms with Gasteiger partial charge in [-0.25, -0.2) is 18.1 Å². The zero-order chi connectivity index (χ0) is 24.7. The number of piperidine rings is 1. The third-order valence-corrected chi connectivity index (χ3v) is 8.82. The predicted octanol–water partition coefficient (Wildman–Crippen LogP) is 4.07. The summed E-state index contributed by atoms with van der Waals surface area (Å²) < 4.78 is 34.6. The van der Waals surface area contributed by atoms with Crippen molar-refractivity contribution < 1.29 is 17.7 Å². The molecule has 2 aromatic heterocycles. The molecule has 2 fully saturated rings. The number of rotatable bonds is 6. The summed E-state index contributed by atoms with van der Waals surface area (Å²) in [5.74, 6) is 1.82. The van der Waals surface area contributed by atoms with Crippen LogP contribution in [0.4, 0.5) is 0 Å². The molecular weight excluding hydrogens is 466 g/mol. The summed E-state index contributed by atoms with van der Waals surface area (Å²) in [7, 11) is -3.22. The largest absolute Gasteiger partial charge is 0.361 e. The molecule has 1 saturated heterocycles. The van der Waals surface area contributed by atoms with Gasteiger partial charge in [-0.05, 0) is 77.0 Å². The number of carbonyl (C=O) groups is 1. The maximum Gasteiger partial charge on any atom is 0.220 e. The van der Waals surface area contributed by atoms with Gasteiger partial charge in [0, 0.05) is 24.1 Å². The van der Waals surface area contributed by atoms with Crippen molar-refractivity contribution in [3.8, 4) is 11.1 Å². The Bertz CT molecular complexity index is 1330. The van der Waals surface area contributed by atoms with Crippen molar-refractivity contribution in [1.29, 1.82) is 0 Å². The van der Waals surface area contributed by atoms with Crippen LogP contribution in [0.25, 0.3) is 22.2 Å². The molecule has 0 bridgehead atoms. The molecule has 5 rings (SSSR count). The van der Waals surface area contributed by atoms with Gasteiger partial charge in [-0.2, -0.15) is 0 Å². The van der Waals surface area contributed by atoms with Crippen LogP contribution in [0.1, 0.15) is 81.2 Å². The monoisotopic (exact) mass is 499 g/mol. The number of benzene rings is 1. The first-order valence-electron chi connectivity index (χ1n) is 12.5. The highest BCUT2D eigenvalue weighted by Gasteiger charge is 2.31. The lowest BCUT2D eigenvalue weighted by molar-refractivity contribution is -0.123. The highest BCUT2D eigenvalue weighted by molar-refractivity contribution is 7.89. The first-order valence-corrected chi connectivity index (χ1v) is 14.2. The van der Waals surface area contributed by atoms with Gasteiger partial charge in [0.05, 0.1) is 28.5 Å². The van der Waals surface area contributed by atoms with Gasteiger partial charge < -0.3 is 14.4 Å². The second-order valence-corrected chi connectivity index (χ2v) is 11.8. The van der Waals surface area contributed by atoms with Gasteiger partial charge in [-0.3, -0.25) is 4.79 Å². The van der Waals surface area contributed by atoms with E-state index < -0.39 is 10.0 Å².